The summed E-state index contributed by atoms with van der Waals surface area (Å²) in [5, 5.41) is 8.96. The number of anilines is 2. The quantitative estimate of drug-likeness (QED) is 0.839. The Morgan fingerprint density at radius 1 is 1.44 bits per heavy atom. The molecule has 2 heterocycles. The molecule has 0 saturated carbocycles. The number of hydrogen-bond acceptors (Lipinski definition) is 5. The van der Waals surface area contributed by atoms with Crippen molar-refractivity contribution in [1.82, 2.24) is 9.88 Å². The number of pyridine rings is 1. The van der Waals surface area contributed by atoms with Crippen molar-refractivity contribution in [3.63, 3.8) is 0 Å². The van der Waals surface area contributed by atoms with Crippen LogP contribution in [0, 0.1) is 17.2 Å². The highest BCUT2D eigenvalue weighted by atomic mass is 15.3. The molecule has 1 fully saturated rings. The van der Waals surface area contributed by atoms with Crippen LogP contribution in [-0.4, -0.2) is 43.1 Å². The van der Waals surface area contributed by atoms with E-state index in [9.17, 15) is 0 Å². The van der Waals surface area contributed by atoms with E-state index in [1.807, 2.05) is 12.1 Å². The van der Waals surface area contributed by atoms with Gasteiger partial charge in [-0.2, -0.15) is 5.26 Å². The van der Waals surface area contributed by atoms with Crippen molar-refractivity contribution in [2.45, 2.75) is 13.0 Å². The predicted molar refractivity (Wildman–Crippen MR) is 72.2 cm³/mol. The van der Waals surface area contributed by atoms with Gasteiger partial charge in [0.15, 0.2) is 5.69 Å². The SMILES string of the molecule is CC1CN(c2ccc(N)c(C#N)n2)CC1N(C)C. The zero-order valence-electron chi connectivity index (χ0n) is 11.1. The summed E-state index contributed by atoms with van der Waals surface area (Å²) < 4.78 is 0. The van der Waals surface area contributed by atoms with Gasteiger partial charge in [0.25, 0.3) is 0 Å². The third-order valence-corrected chi connectivity index (χ3v) is 3.58. The molecule has 0 radical (unpaired) electrons. The number of rotatable bonds is 2. The molecule has 96 valence electrons. The highest BCUT2D eigenvalue weighted by Gasteiger charge is 2.31. The summed E-state index contributed by atoms with van der Waals surface area (Å²) in [6, 6.07) is 6.20. The fourth-order valence-corrected chi connectivity index (χ4v) is 2.53. The molecule has 1 aliphatic heterocycles. The molecular formula is C13H19N5. The molecule has 18 heavy (non-hydrogen) atoms. The molecule has 2 atom stereocenters. The molecule has 1 saturated heterocycles. The van der Waals surface area contributed by atoms with E-state index in [4.69, 9.17) is 11.0 Å². The third kappa shape index (κ3) is 2.24. The predicted octanol–water partition coefficient (Wildman–Crippen LogP) is 0.922. The van der Waals surface area contributed by atoms with Crippen LogP contribution in [0.2, 0.25) is 0 Å². The summed E-state index contributed by atoms with van der Waals surface area (Å²) in [6.45, 7) is 4.15. The standard InChI is InChI=1S/C13H19N5/c1-9-7-18(8-12(9)17(2)3)13-5-4-10(15)11(6-14)16-13/h4-5,9,12H,7-8,15H2,1-3H3. The van der Waals surface area contributed by atoms with Crippen LogP contribution in [0.5, 0.6) is 0 Å². The van der Waals surface area contributed by atoms with Crippen molar-refractivity contribution in [3.8, 4) is 6.07 Å². The number of nitrogens with two attached hydrogens (primary N) is 1. The highest BCUT2D eigenvalue weighted by Crippen LogP contribution is 2.25. The van der Waals surface area contributed by atoms with E-state index in [1.165, 1.54) is 0 Å². The minimum Gasteiger partial charge on any atom is -0.396 e. The van der Waals surface area contributed by atoms with E-state index in [1.54, 1.807) is 6.07 Å². The summed E-state index contributed by atoms with van der Waals surface area (Å²) in [5.41, 5.74) is 6.45. The maximum absolute atomic E-state index is 8.96. The van der Waals surface area contributed by atoms with Gasteiger partial charge >= 0.3 is 0 Å². The molecule has 1 aromatic heterocycles. The first kappa shape index (κ1) is 12.7. The monoisotopic (exact) mass is 245 g/mol. The lowest BCUT2D eigenvalue weighted by atomic mass is 10.1. The lowest BCUT2D eigenvalue weighted by molar-refractivity contribution is 0.266. The molecule has 2 rings (SSSR count). The zero-order valence-corrected chi connectivity index (χ0v) is 11.1. The van der Waals surface area contributed by atoms with Gasteiger partial charge in [0.1, 0.15) is 11.9 Å². The molecule has 2 N–H and O–H groups in total. The first-order valence-corrected chi connectivity index (χ1v) is 6.11. The van der Waals surface area contributed by atoms with Crippen molar-refractivity contribution < 1.29 is 0 Å². The van der Waals surface area contributed by atoms with Crippen molar-refractivity contribution >= 4 is 11.5 Å². The maximum Gasteiger partial charge on any atom is 0.165 e. The van der Waals surface area contributed by atoms with Crippen molar-refractivity contribution in [1.29, 1.82) is 5.26 Å². The fraction of sp³-hybridized carbons (Fsp3) is 0.538. The largest absolute Gasteiger partial charge is 0.396 e. The van der Waals surface area contributed by atoms with Crippen molar-refractivity contribution in [2.24, 2.45) is 5.92 Å². The second-order valence-corrected chi connectivity index (χ2v) is 5.13. The molecule has 5 heteroatoms. The van der Waals surface area contributed by atoms with Gasteiger partial charge in [0, 0.05) is 19.1 Å². The zero-order chi connectivity index (χ0) is 13.3. The number of nitrogen functional groups attached to an aromatic ring is 1. The third-order valence-electron chi connectivity index (χ3n) is 3.58. The van der Waals surface area contributed by atoms with E-state index >= 15 is 0 Å². The first-order valence-electron chi connectivity index (χ1n) is 6.11. The average Bonchev–Trinajstić information content (AvgIpc) is 2.72. The molecule has 0 aromatic carbocycles. The molecule has 0 spiro atoms. The lowest BCUT2D eigenvalue weighted by Gasteiger charge is -2.22. The first-order chi connectivity index (χ1) is 8.52. The minimum absolute atomic E-state index is 0.313. The van der Waals surface area contributed by atoms with Crippen molar-refractivity contribution in [2.75, 3.05) is 37.8 Å². The van der Waals surface area contributed by atoms with Crippen LogP contribution in [-0.2, 0) is 0 Å². The Morgan fingerprint density at radius 3 is 2.72 bits per heavy atom. The average molecular weight is 245 g/mol. The van der Waals surface area contributed by atoms with Crippen LogP contribution < -0.4 is 10.6 Å². The normalized spacial score (nSPS) is 23.4. The van der Waals surface area contributed by atoms with Crippen LogP contribution in [0.3, 0.4) is 0 Å². The number of likely N-dealkylation sites (N-methyl/N-ethyl adjacent to an activating group) is 1. The van der Waals surface area contributed by atoms with E-state index in [0.717, 1.165) is 18.9 Å². The molecular weight excluding hydrogens is 226 g/mol. The smallest absolute Gasteiger partial charge is 0.165 e. The summed E-state index contributed by atoms with van der Waals surface area (Å²) in [6.07, 6.45) is 0. The minimum atomic E-state index is 0.313. The Morgan fingerprint density at radius 2 is 2.17 bits per heavy atom. The number of nitriles is 1. The molecule has 5 nitrogen and oxygen atoms in total. The van der Waals surface area contributed by atoms with Crippen LogP contribution in [0.4, 0.5) is 11.5 Å². The van der Waals surface area contributed by atoms with Crippen LogP contribution >= 0.6 is 0 Å². The summed E-state index contributed by atoms with van der Waals surface area (Å²) in [7, 11) is 4.20. The topological polar surface area (TPSA) is 69.2 Å². The Kier molecular flexibility index (Phi) is 3.39. The Hall–Kier alpha value is -1.80. The maximum atomic E-state index is 8.96. The Bertz CT molecular complexity index is 477. The van der Waals surface area contributed by atoms with Crippen molar-refractivity contribution in [3.05, 3.63) is 17.8 Å². The van der Waals surface area contributed by atoms with Gasteiger partial charge in [-0.3, -0.25) is 0 Å². The lowest BCUT2D eigenvalue weighted by Crippen LogP contribution is -2.34. The summed E-state index contributed by atoms with van der Waals surface area (Å²) in [5.74, 6) is 1.43. The summed E-state index contributed by atoms with van der Waals surface area (Å²) in [4.78, 5) is 8.78. The molecule has 0 aliphatic carbocycles. The molecule has 2 unspecified atom stereocenters. The van der Waals surface area contributed by atoms with Gasteiger partial charge in [0.2, 0.25) is 0 Å². The van der Waals surface area contributed by atoms with Gasteiger partial charge in [-0.05, 0) is 32.1 Å². The highest BCUT2D eigenvalue weighted by molar-refractivity contribution is 5.55. The van der Waals surface area contributed by atoms with Crippen LogP contribution in [0.25, 0.3) is 0 Å². The number of nitrogens with zero attached hydrogens (tertiary/aromatic N) is 4. The van der Waals surface area contributed by atoms with E-state index in [-0.39, 0.29) is 0 Å². The van der Waals surface area contributed by atoms with E-state index in [0.29, 0.717) is 23.3 Å². The number of hydrogen-bond donors (Lipinski definition) is 1. The van der Waals surface area contributed by atoms with Gasteiger partial charge in [-0.25, -0.2) is 4.98 Å². The van der Waals surface area contributed by atoms with Crippen LogP contribution in [0.1, 0.15) is 12.6 Å². The molecule has 1 aliphatic rings. The second-order valence-electron chi connectivity index (χ2n) is 5.13. The Labute approximate surface area is 108 Å². The summed E-state index contributed by atoms with van der Waals surface area (Å²) >= 11 is 0. The van der Waals surface area contributed by atoms with Gasteiger partial charge in [-0.15, -0.1) is 0 Å². The van der Waals surface area contributed by atoms with Gasteiger partial charge in [-0.1, -0.05) is 6.92 Å². The molecule has 0 amide bonds. The van der Waals surface area contributed by atoms with E-state index < -0.39 is 0 Å². The van der Waals surface area contributed by atoms with Gasteiger partial charge in [0.05, 0.1) is 5.69 Å². The van der Waals surface area contributed by atoms with Gasteiger partial charge < -0.3 is 15.5 Å². The fourth-order valence-electron chi connectivity index (χ4n) is 2.53. The molecule has 0 bridgehead atoms. The molecule has 1 aromatic rings. The van der Waals surface area contributed by atoms with Crippen LogP contribution in [0.15, 0.2) is 12.1 Å². The Balaban J connectivity index is 2.22. The number of aromatic nitrogens is 1. The second kappa shape index (κ2) is 4.83. The van der Waals surface area contributed by atoms with E-state index in [2.05, 4.69) is 35.8 Å².